The lowest BCUT2D eigenvalue weighted by molar-refractivity contribution is -0.0987. The summed E-state index contributed by atoms with van der Waals surface area (Å²) in [4.78, 5) is 32.0. The molecule has 0 aromatic carbocycles. The molecule has 0 aliphatic rings. The van der Waals surface area contributed by atoms with E-state index in [0.29, 0.717) is 0 Å². The summed E-state index contributed by atoms with van der Waals surface area (Å²) in [6, 6.07) is 0. The molecule has 0 radical (unpaired) electrons. The van der Waals surface area contributed by atoms with Crippen LogP contribution in [0.2, 0.25) is 0 Å². The molecule has 0 aromatic heterocycles. The first-order valence-corrected chi connectivity index (χ1v) is 4.57. The van der Waals surface area contributed by atoms with Crippen molar-refractivity contribution in [3.05, 3.63) is 0 Å². The van der Waals surface area contributed by atoms with Crippen LogP contribution in [0.3, 0.4) is 0 Å². The number of carbonyl (C=O) groups excluding carboxylic acids is 4. The average molecular weight is 224 g/mol. The van der Waals surface area contributed by atoms with Gasteiger partial charge in [0.2, 0.25) is 0 Å². The van der Waals surface area contributed by atoms with Gasteiger partial charge in [0.25, 0.3) is 0 Å². The molecule has 0 fully saturated rings. The van der Waals surface area contributed by atoms with Gasteiger partial charge in [-0.05, 0) is 0 Å². The van der Waals surface area contributed by atoms with Crippen LogP contribution in [0.15, 0.2) is 0 Å². The zero-order valence-corrected chi connectivity index (χ0v) is 11.2. The summed E-state index contributed by atoms with van der Waals surface area (Å²) in [5.74, 6) is 0. The van der Waals surface area contributed by atoms with E-state index in [1.54, 1.807) is 0 Å². The van der Waals surface area contributed by atoms with Gasteiger partial charge in [-0.3, -0.25) is 0 Å². The fraction of sp³-hybridized carbons (Fsp3) is 0.636. The monoisotopic (exact) mass is 224 g/mol. The Morgan fingerprint density at radius 3 is 0.533 bits per heavy atom. The van der Waals surface area contributed by atoms with Crippen molar-refractivity contribution < 1.29 is 19.2 Å². The smallest absolute Gasteiger partial charge is 0.106 e. The lowest BCUT2D eigenvalue weighted by Gasteiger charge is -1.48. The predicted octanol–water partition coefficient (Wildman–Crippen LogP) is 2.73. The number of carbonyl (C=O) groups is 4. The van der Waals surface area contributed by atoms with Crippen LogP contribution in [0.4, 0.5) is 0 Å². The summed E-state index contributed by atoms with van der Waals surface area (Å²) >= 11 is 0. The van der Waals surface area contributed by atoms with E-state index in [1.807, 2.05) is 54.9 Å². The van der Waals surface area contributed by atoms with E-state index < -0.39 is 0 Å². The Labute approximate surface area is 95.1 Å². The Bertz CT molecular complexity index is 27.8. The number of hydrogen-bond donors (Lipinski definition) is 0. The Hall–Kier alpha value is -1.32. The highest BCUT2D eigenvalue weighted by Crippen LogP contribution is 1.56. The van der Waals surface area contributed by atoms with Crippen LogP contribution < -0.4 is 0 Å². The van der Waals surface area contributed by atoms with E-state index in [2.05, 4.69) is 13.8 Å². The molecule has 0 aromatic rings. The molecule has 0 spiro atoms. The molecule has 0 saturated carbocycles. The van der Waals surface area contributed by atoms with Crippen molar-refractivity contribution in [3.8, 4) is 0 Å². The molecule has 15 heavy (non-hydrogen) atoms. The van der Waals surface area contributed by atoms with Crippen molar-refractivity contribution in [1.29, 1.82) is 0 Å². The zero-order valence-electron chi connectivity index (χ0n) is 11.2. The standard InChI is InChI=1S/C3H8.2C2H6.4CH2O/c1-3-2;6*1-2/h3H2,1-2H3;2*1-2H3;4*1H2. The minimum absolute atomic E-state index is 1.25. The summed E-state index contributed by atoms with van der Waals surface area (Å²) in [7, 11) is 0. The molecule has 96 valence electrons. The van der Waals surface area contributed by atoms with Gasteiger partial charge in [0, 0.05) is 0 Å². The van der Waals surface area contributed by atoms with Crippen LogP contribution in [-0.2, 0) is 19.2 Å². The van der Waals surface area contributed by atoms with E-state index in [0.717, 1.165) is 0 Å². The highest BCUT2D eigenvalue weighted by Gasteiger charge is 1.35. The topological polar surface area (TPSA) is 68.3 Å². The number of hydrogen-bond acceptors (Lipinski definition) is 4. The van der Waals surface area contributed by atoms with Gasteiger partial charge in [-0.1, -0.05) is 48.0 Å². The van der Waals surface area contributed by atoms with Crippen LogP contribution in [0.5, 0.6) is 0 Å². The second kappa shape index (κ2) is 16900. The average Bonchev–Trinajstić information content (AvgIpc) is 2.44. The van der Waals surface area contributed by atoms with E-state index in [-0.39, 0.29) is 0 Å². The lowest BCUT2D eigenvalue weighted by atomic mass is 10.6. The Kier molecular flexibility index (Phi) is 55500. The third kappa shape index (κ3) is 830. The third-order valence-corrected chi connectivity index (χ3v) is 0. The maximum Gasteiger partial charge on any atom is 0.106 e. The summed E-state index contributed by atoms with van der Waals surface area (Å²) in [5, 5.41) is 0. The maximum absolute atomic E-state index is 8.00. The van der Waals surface area contributed by atoms with E-state index >= 15 is 0 Å². The van der Waals surface area contributed by atoms with Crippen molar-refractivity contribution in [2.24, 2.45) is 0 Å². The van der Waals surface area contributed by atoms with Crippen molar-refractivity contribution in [2.45, 2.75) is 48.0 Å². The summed E-state index contributed by atoms with van der Waals surface area (Å²) in [6.45, 7) is 20.2. The molecule has 0 aliphatic heterocycles. The van der Waals surface area contributed by atoms with Crippen molar-refractivity contribution >= 4 is 27.2 Å². The van der Waals surface area contributed by atoms with Crippen molar-refractivity contribution in [3.63, 3.8) is 0 Å². The fourth-order valence-electron chi connectivity index (χ4n) is 0. The molecule has 0 heterocycles. The molecule has 0 bridgehead atoms. The maximum atomic E-state index is 8.00. The van der Waals surface area contributed by atoms with Gasteiger partial charge in [0.05, 0.1) is 0 Å². The van der Waals surface area contributed by atoms with Crippen LogP contribution in [-0.4, -0.2) is 27.2 Å². The highest BCUT2D eigenvalue weighted by molar-refractivity contribution is 5.11. The molecule has 4 heteroatoms. The Morgan fingerprint density at radius 2 is 0.533 bits per heavy atom. The van der Waals surface area contributed by atoms with Gasteiger partial charge in [0.15, 0.2) is 0 Å². The molecule has 4 nitrogen and oxygen atoms in total. The van der Waals surface area contributed by atoms with Gasteiger partial charge in [-0.25, -0.2) is 0 Å². The zero-order chi connectivity index (χ0) is 14.7. The lowest BCUT2D eigenvalue weighted by Crippen LogP contribution is -1.27. The van der Waals surface area contributed by atoms with Crippen LogP contribution in [0.25, 0.3) is 0 Å². The van der Waals surface area contributed by atoms with Gasteiger partial charge in [-0.15, -0.1) is 0 Å². The van der Waals surface area contributed by atoms with Crippen LogP contribution >= 0.6 is 0 Å². The molecule has 0 N–H and O–H groups in total. The third-order valence-electron chi connectivity index (χ3n) is 0. The Balaban J connectivity index is -0.0000000101. The largest absolute Gasteiger partial charge is 0.307 e. The number of rotatable bonds is 0. The molecule has 0 unspecified atom stereocenters. The summed E-state index contributed by atoms with van der Waals surface area (Å²) in [5.41, 5.74) is 0. The van der Waals surface area contributed by atoms with Crippen LogP contribution in [0, 0.1) is 0 Å². The van der Waals surface area contributed by atoms with Crippen molar-refractivity contribution in [1.82, 2.24) is 0 Å². The minimum Gasteiger partial charge on any atom is -0.307 e. The second-order valence-electron chi connectivity index (χ2n) is 0.707. The summed E-state index contributed by atoms with van der Waals surface area (Å²) < 4.78 is 0. The van der Waals surface area contributed by atoms with Gasteiger partial charge in [0.1, 0.15) is 27.2 Å². The minimum atomic E-state index is 1.25. The molecule has 0 rings (SSSR count). The quantitative estimate of drug-likeness (QED) is 0.634. The molecule has 0 saturated heterocycles. The van der Waals surface area contributed by atoms with E-state index in [1.165, 1.54) is 6.42 Å². The SMILES string of the molecule is C=O.C=O.C=O.C=O.CC.CC.CCC. The normalized spacial score (nSPS) is 3.07. The van der Waals surface area contributed by atoms with E-state index in [9.17, 15) is 0 Å². The van der Waals surface area contributed by atoms with E-state index in [4.69, 9.17) is 19.2 Å². The highest BCUT2D eigenvalue weighted by atomic mass is 16.1. The van der Waals surface area contributed by atoms with Crippen molar-refractivity contribution in [2.75, 3.05) is 0 Å². The fourth-order valence-corrected chi connectivity index (χ4v) is 0. The predicted molar refractivity (Wildman–Crippen MR) is 67.1 cm³/mol. The Morgan fingerprint density at radius 1 is 0.533 bits per heavy atom. The summed E-state index contributed by atoms with van der Waals surface area (Å²) in [6.07, 6.45) is 1.25. The molecule has 0 atom stereocenters. The first-order valence-electron chi connectivity index (χ1n) is 4.57. The van der Waals surface area contributed by atoms with Crippen LogP contribution in [0.1, 0.15) is 48.0 Å². The van der Waals surface area contributed by atoms with Gasteiger partial charge in [-0.2, -0.15) is 0 Å². The molecular formula is C11H28O4. The molecule has 0 amide bonds. The second-order valence-corrected chi connectivity index (χ2v) is 0.707. The first-order chi connectivity index (χ1) is 7.41. The van der Waals surface area contributed by atoms with Gasteiger partial charge >= 0.3 is 0 Å². The molecular weight excluding hydrogens is 196 g/mol. The van der Waals surface area contributed by atoms with Gasteiger partial charge < -0.3 is 19.2 Å². The molecule has 0 aliphatic carbocycles. The first kappa shape index (κ1) is 49.3.